The predicted octanol–water partition coefficient (Wildman–Crippen LogP) is 2.72. The van der Waals surface area contributed by atoms with Gasteiger partial charge in [0.1, 0.15) is 6.54 Å². The molecule has 3 heterocycles. The lowest BCUT2D eigenvalue weighted by molar-refractivity contribution is -0.117. The quantitative estimate of drug-likeness (QED) is 0.447. The molecule has 0 fully saturated rings. The van der Waals surface area contributed by atoms with Gasteiger partial charge >= 0.3 is 5.69 Å². The molecule has 0 unspecified atom stereocenters. The number of nitrogens with zero attached hydrogens (tertiary/aromatic N) is 6. The van der Waals surface area contributed by atoms with Crippen molar-refractivity contribution in [2.75, 3.05) is 5.32 Å². The van der Waals surface area contributed by atoms with E-state index in [4.69, 9.17) is 9.78 Å². The number of nitriles is 1. The smallest absolute Gasteiger partial charge is 0.333 e. The Kier molecular flexibility index (Phi) is 4.97. The molecule has 3 aromatic heterocycles. The molecule has 1 N–H and O–H groups in total. The van der Waals surface area contributed by atoms with Crippen molar-refractivity contribution in [1.29, 1.82) is 5.26 Å². The summed E-state index contributed by atoms with van der Waals surface area (Å²) in [6, 6.07) is 21.2. The number of hydrogen-bond acceptors (Lipinski definition) is 7. The van der Waals surface area contributed by atoms with Crippen LogP contribution in [0.4, 0.5) is 5.69 Å². The molecular weight excluding hydrogens is 422 g/mol. The summed E-state index contributed by atoms with van der Waals surface area (Å²) in [6.45, 7) is -0.310. The molecule has 1 amide bonds. The van der Waals surface area contributed by atoms with Crippen LogP contribution in [0.3, 0.4) is 0 Å². The first-order valence-corrected chi connectivity index (χ1v) is 9.90. The Hall–Kier alpha value is -5.04. The van der Waals surface area contributed by atoms with Gasteiger partial charge in [0.25, 0.3) is 5.89 Å². The minimum absolute atomic E-state index is 0.203. The van der Waals surface area contributed by atoms with E-state index in [0.717, 1.165) is 10.2 Å². The van der Waals surface area contributed by atoms with Crippen molar-refractivity contribution in [3.8, 4) is 28.9 Å². The van der Waals surface area contributed by atoms with E-state index in [9.17, 15) is 9.59 Å². The van der Waals surface area contributed by atoms with E-state index in [1.54, 1.807) is 42.6 Å². The van der Waals surface area contributed by atoms with Gasteiger partial charge in [-0.05, 0) is 30.3 Å². The first-order valence-electron chi connectivity index (χ1n) is 9.90. The first kappa shape index (κ1) is 19.9. The van der Waals surface area contributed by atoms with Gasteiger partial charge in [0, 0.05) is 17.4 Å². The van der Waals surface area contributed by atoms with Gasteiger partial charge in [0.05, 0.1) is 17.2 Å². The van der Waals surface area contributed by atoms with Crippen LogP contribution in [0.5, 0.6) is 0 Å². The zero-order chi connectivity index (χ0) is 22.8. The van der Waals surface area contributed by atoms with Crippen LogP contribution in [0.1, 0.15) is 5.56 Å². The highest BCUT2D eigenvalue weighted by Gasteiger charge is 2.18. The molecule has 0 radical (unpaired) electrons. The summed E-state index contributed by atoms with van der Waals surface area (Å²) in [4.78, 5) is 29.7. The molecule has 2 aromatic carbocycles. The maximum atomic E-state index is 12.8. The molecule has 0 aliphatic rings. The largest absolute Gasteiger partial charge is 0.350 e. The van der Waals surface area contributed by atoms with Crippen LogP contribution in [0, 0.1) is 11.3 Å². The molecule has 10 heteroatoms. The number of carbonyl (C=O) groups excluding carboxylic acids is 1. The van der Waals surface area contributed by atoms with Crippen LogP contribution in [-0.4, -0.2) is 30.2 Å². The van der Waals surface area contributed by atoms with E-state index in [1.807, 2.05) is 36.4 Å². The minimum Gasteiger partial charge on any atom is -0.333 e. The number of aromatic nitrogens is 5. The fraction of sp³-hybridized carbons (Fsp3) is 0.0435. The first-order chi connectivity index (χ1) is 16.1. The van der Waals surface area contributed by atoms with Crippen LogP contribution in [0.15, 0.2) is 82.2 Å². The Morgan fingerprint density at radius 1 is 1.09 bits per heavy atom. The third kappa shape index (κ3) is 3.86. The number of fused-ring (bicyclic) bond motifs is 1. The van der Waals surface area contributed by atoms with Gasteiger partial charge in [-0.2, -0.15) is 10.2 Å². The average Bonchev–Trinajstić information content (AvgIpc) is 3.45. The lowest BCUT2D eigenvalue weighted by atomic mass is 10.2. The summed E-state index contributed by atoms with van der Waals surface area (Å²) in [6.07, 6.45) is 1.55. The Balaban J connectivity index is 1.44. The topological polar surface area (TPSA) is 131 Å². The second-order valence-corrected chi connectivity index (χ2v) is 7.09. The number of pyridine rings is 1. The number of benzene rings is 2. The third-order valence-corrected chi connectivity index (χ3v) is 4.87. The fourth-order valence-electron chi connectivity index (χ4n) is 3.35. The summed E-state index contributed by atoms with van der Waals surface area (Å²) in [5, 5.41) is 20.0. The fourth-order valence-corrected chi connectivity index (χ4v) is 3.35. The molecule has 0 saturated carbocycles. The van der Waals surface area contributed by atoms with E-state index in [-0.39, 0.29) is 18.1 Å². The van der Waals surface area contributed by atoms with Crippen molar-refractivity contribution in [1.82, 2.24) is 24.3 Å². The molecule has 33 heavy (non-hydrogen) atoms. The lowest BCUT2D eigenvalue weighted by Gasteiger charge is -2.04. The van der Waals surface area contributed by atoms with Crippen LogP contribution < -0.4 is 11.0 Å². The Bertz CT molecular complexity index is 1580. The van der Waals surface area contributed by atoms with E-state index in [2.05, 4.69) is 20.6 Å². The van der Waals surface area contributed by atoms with Crippen molar-refractivity contribution in [2.24, 2.45) is 0 Å². The third-order valence-electron chi connectivity index (χ3n) is 4.87. The van der Waals surface area contributed by atoms with Crippen molar-refractivity contribution >= 4 is 17.2 Å². The average molecular weight is 437 g/mol. The summed E-state index contributed by atoms with van der Waals surface area (Å²) in [5.41, 5.74) is 1.91. The molecule has 5 rings (SSSR count). The molecule has 0 spiro atoms. The van der Waals surface area contributed by atoms with Crippen LogP contribution in [-0.2, 0) is 11.3 Å². The van der Waals surface area contributed by atoms with Crippen LogP contribution in [0.2, 0.25) is 0 Å². The lowest BCUT2D eigenvalue weighted by Crippen LogP contribution is -2.28. The zero-order valence-corrected chi connectivity index (χ0v) is 17.0. The van der Waals surface area contributed by atoms with E-state index >= 15 is 0 Å². The molecule has 0 aliphatic carbocycles. The summed E-state index contributed by atoms with van der Waals surface area (Å²) >= 11 is 0. The van der Waals surface area contributed by atoms with Crippen molar-refractivity contribution < 1.29 is 9.32 Å². The Labute approximate surface area is 186 Å². The van der Waals surface area contributed by atoms with Gasteiger partial charge in [-0.15, -0.1) is 5.10 Å². The number of rotatable bonds is 5. The molecule has 0 bridgehead atoms. The highest BCUT2D eigenvalue weighted by molar-refractivity contribution is 5.90. The number of hydrogen-bond donors (Lipinski definition) is 1. The number of nitrogens with one attached hydrogen (secondary N) is 1. The number of carbonyl (C=O) groups is 1. The van der Waals surface area contributed by atoms with Crippen LogP contribution >= 0.6 is 0 Å². The van der Waals surface area contributed by atoms with E-state index < -0.39 is 11.6 Å². The Morgan fingerprint density at radius 3 is 2.76 bits per heavy atom. The van der Waals surface area contributed by atoms with Gasteiger partial charge in [0.2, 0.25) is 11.7 Å². The summed E-state index contributed by atoms with van der Waals surface area (Å²) < 4.78 is 7.78. The standard InChI is InChI=1S/C23H15N7O3/c24-13-15-6-4-9-17(12-15)25-19(31)14-30-23(32)29-11-5-10-18(21(29)27-30)22-26-20(28-33-22)16-7-2-1-3-8-16/h1-12H,14H2,(H,25,31). The second-order valence-electron chi connectivity index (χ2n) is 7.09. The molecular formula is C23H15N7O3. The normalized spacial score (nSPS) is 10.8. The zero-order valence-electron chi connectivity index (χ0n) is 17.0. The van der Waals surface area contributed by atoms with Crippen LogP contribution in [0.25, 0.3) is 28.5 Å². The van der Waals surface area contributed by atoms with Gasteiger partial charge in [-0.25, -0.2) is 13.9 Å². The highest BCUT2D eigenvalue weighted by atomic mass is 16.5. The van der Waals surface area contributed by atoms with Gasteiger partial charge in [0.15, 0.2) is 5.65 Å². The number of amides is 1. The molecule has 0 atom stereocenters. The van der Waals surface area contributed by atoms with Crippen molar-refractivity contribution in [2.45, 2.75) is 6.54 Å². The maximum Gasteiger partial charge on any atom is 0.350 e. The minimum atomic E-state index is -0.490. The molecule has 0 saturated heterocycles. The summed E-state index contributed by atoms with van der Waals surface area (Å²) in [7, 11) is 0. The maximum absolute atomic E-state index is 12.8. The van der Waals surface area contributed by atoms with Gasteiger partial charge in [-0.1, -0.05) is 41.6 Å². The SMILES string of the molecule is N#Cc1cccc(NC(=O)Cn2nc3c(-c4nc(-c5ccccc5)no4)cccn3c2=O)c1. The van der Waals surface area contributed by atoms with E-state index in [0.29, 0.717) is 22.6 Å². The Morgan fingerprint density at radius 2 is 1.94 bits per heavy atom. The van der Waals surface area contributed by atoms with Crippen molar-refractivity contribution in [3.05, 3.63) is 89.0 Å². The number of anilines is 1. The molecule has 5 aromatic rings. The van der Waals surface area contributed by atoms with E-state index in [1.165, 1.54) is 4.40 Å². The monoisotopic (exact) mass is 437 g/mol. The predicted molar refractivity (Wildman–Crippen MR) is 118 cm³/mol. The highest BCUT2D eigenvalue weighted by Crippen LogP contribution is 2.24. The van der Waals surface area contributed by atoms with Crippen molar-refractivity contribution in [3.63, 3.8) is 0 Å². The molecule has 160 valence electrons. The molecule has 0 aliphatic heterocycles. The van der Waals surface area contributed by atoms with Gasteiger partial charge in [-0.3, -0.25) is 4.79 Å². The summed E-state index contributed by atoms with van der Waals surface area (Å²) in [5.74, 6) is 0.157. The van der Waals surface area contributed by atoms with Gasteiger partial charge < -0.3 is 9.84 Å². The molecule has 10 nitrogen and oxygen atoms in total. The second kappa shape index (κ2) is 8.24.